The van der Waals surface area contributed by atoms with Crippen LogP contribution in [-0.4, -0.2) is 41.8 Å². The summed E-state index contributed by atoms with van der Waals surface area (Å²) in [5.74, 6) is 1.37. The van der Waals surface area contributed by atoms with Crippen LogP contribution in [0.1, 0.15) is 39.3 Å². The number of carbonyl (C=O) groups excluding carboxylic acids is 1. The first-order valence-electron chi connectivity index (χ1n) is 9.82. The standard InChI is InChI=1S/C22H24N4O3S/c1-28-16-10-11-17(19(13-16)29-2)18-9-6-12-26(18)14-20-24-25-22(30-20)21(27)23-15-7-4-3-5-8-15/h3-5,7-8,10-11,13,18H,6,9,12,14H2,1-2H3,(H,23,27). The van der Waals surface area contributed by atoms with Crippen molar-refractivity contribution in [3.63, 3.8) is 0 Å². The second kappa shape index (κ2) is 9.23. The highest BCUT2D eigenvalue weighted by Gasteiger charge is 2.29. The molecule has 1 atom stereocenters. The van der Waals surface area contributed by atoms with E-state index in [2.05, 4.69) is 26.5 Å². The van der Waals surface area contributed by atoms with Gasteiger partial charge in [0.05, 0.1) is 20.8 Å². The lowest BCUT2D eigenvalue weighted by molar-refractivity contribution is 0.102. The van der Waals surface area contributed by atoms with Crippen LogP contribution < -0.4 is 14.8 Å². The third-order valence-corrected chi connectivity index (χ3v) is 6.10. The number of amides is 1. The van der Waals surface area contributed by atoms with Gasteiger partial charge in [0.2, 0.25) is 5.01 Å². The first-order chi connectivity index (χ1) is 14.7. The van der Waals surface area contributed by atoms with Crippen molar-refractivity contribution in [2.45, 2.75) is 25.4 Å². The maximum atomic E-state index is 12.4. The number of aromatic nitrogens is 2. The van der Waals surface area contributed by atoms with Crippen molar-refractivity contribution in [3.8, 4) is 11.5 Å². The van der Waals surface area contributed by atoms with Crippen molar-refractivity contribution >= 4 is 22.9 Å². The lowest BCUT2D eigenvalue weighted by Gasteiger charge is -2.25. The minimum atomic E-state index is -0.236. The molecule has 1 aliphatic heterocycles. The maximum Gasteiger partial charge on any atom is 0.286 e. The quantitative estimate of drug-likeness (QED) is 0.614. The SMILES string of the molecule is COc1ccc(C2CCCN2Cc2nnc(C(=O)Nc3ccccc3)s2)c(OC)c1. The van der Waals surface area contributed by atoms with E-state index in [0.29, 0.717) is 11.6 Å². The smallest absolute Gasteiger partial charge is 0.286 e. The van der Waals surface area contributed by atoms with E-state index in [4.69, 9.17) is 9.47 Å². The number of anilines is 1. The largest absolute Gasteiger partial charge is 0.497 e. The highest BCUT2D eigenvalue weighted by molar-refractivity contribution is 7.13. The maximum absolute atomic E-state index is 12.4. The van der Waals surface area contributed by atoms with Gasteiger partial charge in [-0.25, -0.2) is 0 Å². The summed E-state index contributed by atoms with van der Waals surface area (Å²) in [6, 6.07) is 15.5. The Hall–Kier alpha value is -2.97. The zero-order valence-electron chi connectivity index (χ0n) is 17.0. The van der Waals surface area contributed by atoms with Gasteiger partial charge in [0.1, 0.15) is 16.5 Å². The number of likely N-dealkylation sites (tertiary alicyclic amines) is 1. The highest BCUT2D eigenvalue weighted by Crippen LogP contribution is 2.39. The summed E-state index contributed by atoms with van der Waals surface area (Å²) in [5.41, 5.74) is 1.88. The van der Waals surface area contributed by atoms with Gasteiger partial charge in [-0.3, -0.25) is 9.69 Å². The average molecular weight is 425 g/mol. The van der Waals surface area contributed by atoms with Crippen LogP contribution in [0.25, 0.3) is 0 Å². The Morgan fingerprint density at radius 1 is 1.17 bits per heavy atom. The third-order valence-electron chi connectivity index (χ3n) is 5.19. The molecule has 0 radical (unpaired) electrons. The number of nitrogens with one attached hydrogen (secondary N) is 1. The molecule has 1 saturated heterocycles. The molecule has 0 aliphatic carbocycles. The van der Waals surface area contributed by atoms with Crippen LogP contribution in [0.15, 0.2) is 48.5 Å². The van der Waals surface area contributed by atoms with Crippen LogP contribution in [-0.2, 0) is 6.54 Å². The fraction of sp³-hybridized carbons (Fsp3) is 0.318. The predicted molar refractivity (Wildman–Crippen MR) is 116 cm³/mol. The van der Waals surface area contributed by atoms with Gasteiger partial charge in [-0.2, -0.15) is 0 Å². The van der Waals surface area contributed by atoms with E-state index in [1.165, 1.54) is 11.3 Å². The summed E-state index contributed by atoms with van der Waals surface area (Å²) >= 11 is 1.33. The summed E-state index contributed by atoms with van der Waals surface area (Å²) in [7, 11) is 3.33. The molecule has 1 unspecified atom stereocenters. The monoisotopic (exact) mass is 424 g/mol. The van der Waals surface area contributed by atoms with Gasteiger partial charge in [-0.05, 0) is 37.6 Å². The van der Waals surface area contributed by atoms with Crippen LogP contribution in [0.2, 0.25) is 0 Å². The lowest BCUT2D eigenvalue weighted by Crippen LogP contribution is -2.23. The van der Waals surface area contributed by atoms with E-state index in [-0.39, 0.29) is 11.9 Å². The van der Waals surface area contributed by atoms with E-state index in [0.717, 1.165) is 47.1 Å². The van der Waals surface area contributed by atoms with Gasteiger partial charge < -0.3 is 14.8 Å². The number of benzene rings is 2. The van der Waals surface area contributed by atoms with Crippen LogP contribution >= 0.6 is 11.3 Å². The third kappa shape index (κ3) is 4.44. The Bertz CT molecular complexity index is 1010. The summed E-state index contributed by atoms with van der Waals surface area (Å²) in [4.78, 5) is 14.8. The molecule has 1 amide bonds. The molecule has 2 aromatic carbocycles. The number of ether oxygens (including phenoxy) is 2. The molecular weight excluding hydrogens is 400 g/mol. The normalized spacial score (nSPS) is 16.4. The molecule has 1 aromatic heterocycles. The predicted octanol–water partition coefficient (Wildman–Crippen LogP) is 4.14. The van der Waals surface area contributed by atoms with Gasteiger partial charge in [-0.15, -0.1) is 10.2 Å². The van der Waals surface area contributed by atoms with Gasteiger partial charge in [0, 0.05) is 23.4 Å². The Labute approximate surface area is 179 Å². The molecule has 30 heavy (non-hydrogen) atoms. The molecule has 156 valence electrons. The fourth-order valence-corrected chi connectivity index (χ4v) is 4.51. The molecule has 1 N–H and O–H groups in total. The molecule has 8 heteroatoms. The zero-order chi connectivity index (χ0) is 20.9. The number of nitrogens with zero attached hydrogens (tertiary/aromatic N) is 3. The Morgan fingerprint density at radius 2 is 2.00 bits per heavy atom. The van der Waals surface area contributed by atoms with Crippen molar-refractivity contribution in [2.24, 2.45) is 0 Å². The summed E-state index contributed by atoms with van der Waals surface area (Å²) in [6.07, 6.45) is 2.14. The van der Waals surface area contributed by atoms with E-state index in [1.807, 2.05) is 42.5 Å². The van der Waals surface area contributed by atoms with Gasteiger partial charge in [0.15, 0.2) is 0 Å². The second-order valence-electron chi connectivity index (χ2n) is 7.06. The molecule has 7 nitrogen and oxygen atoms in total. The number of rotatable bonds is 7. The molecule has 0 saturated carbocycles. The van der Waals surface area contributed by atoms with Crippen molar-refractivity contribution < 1.29 is 14.3 Å². The zero-order valence-corrected chi connectivity index (χ0v) is 17.8. The lowest BCUT2D eigenvalue weighted by atomic mass is 10.0. The van der Waals surface area contributed by atoms with E-state index >= 15 is 0 Å². The molecule has 2 heterocycles. The number of methoxy groups -OCH3 is 2. The van der Waals surface area contributed by atoms with Crippen molar-refractivity contribution in [1.29, 1.82) is 0 Å². The number of carbonyl (C=O) groups is 1. The van der Waals surface area contributed by atoms with Gasteiger partial charge in [-0.1, -0.05) is 35.6 Å². The number of hydrogen-bond donors (Lipinski definition) is 1. The minimum absolute atomic E-state index is 0.233. The van der Waals surface area contributed by atoms with Gasteiger partial charge in [0.25, 0.3) is 5.91 Å². The van der Waals surface area contributed by atoms with E-state index in [1.54, 1.807) is 14.2 Å². The van der Waals surface area contributed by atoms with Crippen LogP contribution in [0.4, 0.5) is 5.69 Å². The van der Waals surface area contributed by atoms with Crippen LogP contribution in [0.5, 0.6) is 11.5 Å². The van der Waals surface area contributed by atoms with Crippen molar-refractivity contribution in [2.75, 3.05) is 26.1 Å². The van der Waals surface area contributed by atoms with Crippen LogP contribution in [0.3, 0.4) is 0 Å². The fourth-order valence-electron chi connectivity index (χ4n) is 3.75. The summed E-state index contributed by atoms with van der Waals surface area (Å²) in [5, 5.41) is 12.4. The first-order valence-corrected chi connectivity index (χ1v) is 10.6. The molecule has 4 rings (SSSR count). The van der Waals surface area contributed by atoms with Crippen molar-refractivity contribution in [3.05, 3.63) is 64.1 Å². The topological polar surface area (TPSA) is 76.6 Å². The Morgan fingerprint density at radius 3 is 2.77 bits per heavy atom. The Balaban J connectivity index is 1.46. The van der Waals surface area contributed by atoms with Crippen LogP contribution in [0, 0.1) is 0 Å². The average Bonchev–Trinajstić information content (AvgIpc) is 3.44. The number of hydrogen-bond acceptors (Lipinski definition) is 7. The van der Waals surface area contributed by atoms with E-state index in [9.17, 15) is 4.79 Å². The summed E-state index contributed by atoms with van der Waals surface area (Å²) in [6.45, 7) is 1.61. The minimum Gasteiger partial charge on any atom is -0.497 e. The Kier molecular flexibility index (Phi) is 6.25. The highest BCUT2D eigenvalue weighted by atomic mass is 32.1. The van der Waals surface area contributed by atoms with Crippen molar-refractivity contribution in [1.82, 2.24) is 15.1 Å². The van der Waals surface area contributed by atoms with E-state index < -0.39 is 0 Å². The second-order valence-corrected chi connectivity index (χ2v) is 8.12. The molecule has 1 fully saturated rings. The molecular formula is C22H24N4O3S. The number of para-hydroxylation sites is 1. The molecule has 3 aromatic rings. The van der Waals surface area contributed by atoms with Gasteiger partial charge >= 0.3 is 0 Å². The molecule has 0 spiro atoms. The first kappa shape index (κ1) is 20.3. The molecule has 0 bridgehead atoms. The molecule has 1 aliphatic rings. The summed E-state index contributed by atoms with van der Waals surface area (Å²) < 4.78 is 10.9.